The van der Waals surface area contributed by atoms with Crippen molar-refractivity contribution in [3.8, 4) is 0 Å². The van der Waals surface area contributed by atoms with E-state index in [9.17, 15) is 4.79 Å². The topological polar surface area (TPSA) is 53.8 Å². The summed E-state index contributed by atoms with van der Waals surface area (Å²) in [5, 5.41) is 0. The van der Waals surface area contributed by atoms with Crippen LogP contribution in [0.25, 0.3) is 0 Å². The molecule has 15 heavy (non-hydrogen) atoms. The van der Waals surface area contributed by atoms with E-state index in [1.54, 1.807) is 24.5 Å². The third-order valence-corrected chi connectivity index (χ3v) is 2.38. The van der Waals surface area contributed by atoms with Crippen molar-refractivity contribution in [2.24, 2.45) is 0 Å². The number of nitrogens with one attached hydrogen (secondary N) is 1. The van der Waals surface area contributed by atoms with Gasteiger partial charge < -0.3 is 0 Å². The smallest absolute Gasteiger partial charge is 0.181 e. The summed E-state index contributed by atoms with van der Waals surface area (Å²) >= 11 is 0. The van der Waals surface area contributed by atoms with E-state index in [1.165, 1.54) is 0 Å². The molecule has 0 aliphatic carbocycles. The Morgan fingerprint density at radius 1 is 1.40 bits per heavy atom. The van der Waals surface area contributed by atoms with Gasteiger partial charge >= 0.3 is 0 Å². The van der Waals surface area contributed by atoms with E-state index < -0.39 is 6.04 Å². The zero-order chi connectivity index (χ0) is 11.1. The number of rotatable bonds is 6. The Bertz CT molecular complexity index is 298. The second-order valence-corrected chi connectivity index (χ2v) is 3.65. The van der Waals surface area contributed by atoms with Crippen LogP contribution >= 0.6 is 0 Å². The van der Waals surface area contributed by atoms with Gasteiger partial charge in [-0.05, 0) is 18.6 Å². The van der Waals surface area contributed by atoms with Gasteiger partial charge in [0, 0.05) is 18.0 Å². The molecule has 1 rings (SSSR count). The first-order valence-corrected chi connectivity index (χ1v) is 5.41. The highest BCUT2D eigenvalue weighted by Crippen LogP contribution is 2.08. The van der Waals surface area contributed by atoms with E-state index in [2.05, 4.69) is 11.9 Å². The van der Waals surface area contributed by atoms with Gasteiger partial charge in [-0.25, -0.2) is 5.73 Å². The zero-order valence-electron chi connectivity index (χ0n) is 9.07. The van der Waals surface area contributed by atoms with Crippen LogP contribution in [0.3, 0.4) is 0 Å². The summed E-state index contributed by atoms with van der Waals surface area (Å²) in [7, 11) is 0. The summed E-state index contributed by atoms with van der Waals surface area (Å²) < 4.78 is 0. The highest BCUT2D eigenvalue weighted by molar-refractivity contribution is 5.99. The predicted octanol–water partition coefficient (Wildman–Crippen LogP) is 2.50. The fraction of sp³-hybridized carbons (Fsp3) is 0.500. The van der Waals surface area contributed by atoms with Crippen LogP contribution in [0.5, 0.6) is 0 Å². The number of nitrogens with zero attached hydrogens (tertiary/aromatic N) is 1. The Morgan fingerprint density at radius 2 is 2.07 bits per heavy atom. The minimum atomic E-state index is -0.612. The minimum Gasteiger partial charge on any atom is -0.292 e. The van der Waals surface area contributed by atoms with Crippen molar-refractivity contribution >= 4 is 5.78 Å². The van der Waals surface area contributed by atoms with Gasteiger partial charge in [-0.3, -0.25) is 9.78 Å². The molecule has 0 saturated heterocycles. The van der Waals surface area contributed by atoms with Gasteiger partial charge in [-0.15, -0.1) is 0 Å². The quantitative estimate of drug-likeness (QED) is 0.529. The lowest BCUT2D eigenvalue weighted by Gasteiger charge is -2.08. The number of hydrogen-bond acceptors (Lipinski definition) is 2. The second kappa shape index (κ2) is 6.30. The molecule has 1 aromatic heterocycles. The normalized spacial score (nSPS) is 12.4. The van der Waals surface area contributed by atoms with Crippen LogP contribution in [0.1, 0.15) is 43.0 Å². The van der Waals surface area contributed by atoms with Crippen LogP contribution < -0.4 is 5.73 Å². The Kier molecular flexibility index (Phi) is 4.98. The number of ketones is 1. The van der Waals surface area contributed by atoms with Crippen molar-refractivity contribution < 1.29 is 4.79 Å². The molecule has 0 aromatic carbocycles. The summed E-state index contributed by atoms with van der Waals surface area (Å²) in [6.45, 7) is 2.11. The number of aromatic nitrogens is 1. The summed E-state index contributed by atoms with van der Waals surface area (Å²) in [6.07, 6.45) is 7.02. The number of hydrogen-bond donors (Lipinski definition) is 0. The molecular weight excluding hydrogens is 188 g/mol. The molecule has 1 N–H and O–H groups in total. The van der Waals surface area contributed by atoms with Crippen LogP contribution in [-0.2, 0) is 0 Å². The molecule has 0 bridgehead atoms. The number of Topliss-reactive ketones (excluding diaryl/α,β-unsaturated/α-hetero) is 1. The van der Waals surface area contributed by atoms with Gasteiger partial charge in [0.05, 0.1) is 6.04 Å². The van der Waals surface area contributed by atoms with Gasteiger partial charge in [-0.2, -0.15) is 0 Å². The molecule has 1 atom stereocenters. The Morgan fingerprint density at radius 3 is 2.67 bits per heavy atom. The highest BCUT2D eigenvalue weighted by atomic mass is 16.1. The first-order valence-electron chi connectivity index (χ1n) is 5.41. The Balaban J connectivity index is 2.46. The Labute approximate surface area is 90.7 Å². The van der Waals surface area contributed by atoms with Crippen molar-refractivity contribution in [3.63, 3.8) is 0 Å². The van der Waals surface area contributed by atoms with Gasteiger partial charge in [0.25, 0.3) is 0 Å². The first kappa shape index (κ1) is 11.9. The third-order valence-electron chi connectivity index (χ3n) is 2.38. The average Bonchev–Trinajstić information content (AvgIpc) is 2.29. The maximum atomic E-state index is 11.7. The van der Waals surface area contributed by atoms with E-state index in [-0.39, 0.29) is 5.78 Å². The van der Waals surface area contributed by atoms with E-state index in [4.69, 9.17) is 5.73 Å². The number of pyridine rings is 1. The maximum Gasteiger partial charge on any atom is 0.181 e. The molecule has 0 aliphatic rings. The van der Waals surface area contributed by atoms with E-state index in [1.807, 2.05) is 0 Å². The predicted molar refractivity (Wildman–Crippen MR) is 59.6 cm³/mol. The van der Waals surface area contributed by atoms with Gasteiger partial charge in [0.2, 0.25) is 0 Å². The summed E-state index contributed by atoms with van der Waals surface area (Å²) in [5.41, 5.74) is 8.32. The minimum absolute atomic E-state index is 0.0893. The van der Waals surface area contributed by atoms with Crippen LogP contribution in [0.2, 0.25) is 0 Å². The lowest BCUT2D eigenvalue weighted by Crippen LogP contribution is -2.22. The number of carbonyl (C=O) groups is 1. The standard InChI is InChI=1S/C12H17N2O/c1-2-3-4-5-11(13)12(15)10-6-8-14-9-7-10/h6-9,11,13H,2-5H2,1H3. The summed E-state index contributed by atoms with van der Waals surface area (Å²) in [5.74, 6) is -0.0893. The molecule has 3 nitrogen and oxygen atoms in total. The van der Waals surface area contributed by atoms with Crippen LogP contribution in [0.15, 0.2) is 24.5 Å². The van der Waals surface area contributed by atoms with E-state index >= 15 is 0 Å². The number of carbonyl (C=O) groups excluding carboxylic acids is 1. The maximum absolute atomic E-state index is 11.7. The summed E-state index contributed by atoms with van der Waals surface area (Å²) in [4.78, 5) is 15.6. The lowest BCUT2D eigenvalue weighted by atomic mass is 10.0. The van der Waals surface area contributed by atoms with Crippen molar-refractivity contribution in [2.45, 2.75) is 38.6 Å². The average molecular weight is 205 g/mol. The van der Waals surface area contributed by atoms with Gasteiger partial charge in [-0.1, -0.05) is 26.2 Å². The van der Waals surface area contributed by atoms with Crippen molar-refractivity contribution in [1.82, 2.24) is 10.7 Å². The number of unbranched alkanes of at least 4 members (excludes halogenated alkanes) is 2. The molecule has 0 aliphatic heterocycles. The molecule has 0 amide bonds. The third kappa shape index (κ3) is 3.80. The first-order chi connectivity index (χ1) is 7.25. The fourth-order valence-electron chi connectivity index (χ4n) is 1.45. The monoisotopic (exact) mass is 205 g/mol. The van der Waals surface area contributed by atoms with Crippen molar-refractivity contribution in [1.29, 1.82) is 0 Å². The molecule has 1 aromatic rings. The van der Waals surface area contributed by atoms with Crippen LogP contribution in [0.4, 0.5) is 0 Å². The van der Waals surface area contributed by atoms with Gasteiger partial charge in [0.1, 0.15) is 0 Å². The van der Waals surface area contributed by atoms with Crippen molar-refractivity contribution in [2.75, 3.05) is 0 Å². The van der Waals surface area contributed by atoms with E-state index in [0.717, 1.165) is 19.3 Å². The van der Waals surface area contributed by atoms with Crippen molar-refractivity contribution in [3.05, 3.63) is 30.1 Å². The molecule has 1 heterocycles. The molecule has 81 valence electrons. The lowest BCUT2D eigenvalue weighted by molar-refractivity contribution is 0.0952. The molecular formula is C12H17N2O. The zero-order valence-corrected chi connectivity index (χ0v) is 9.07. The van der Waals surface area contributed by atoms with Crippen LogP contribution in [0, 0.1) is 0 Å². The molecule has 0 fully saturated rings. The van der Waals surface area contributed by atoms with Gasteiger partial charge in [0.15, 0.2) is 5.78 Å². The molecule has 3 heteroatoms. The molecule has 1 unspecified atom stereocenters. The molecule has 0 spiro atoms. The Hall–Kier alpha value is -1.22. The fourth-order valence-corrected chi connectivity index (χ4v) is 1.45. The highest BCUT2D eigenvalue weighted by Gasteiger charge is 2.15. The molecule has 0 saturated carbocycles. The molecule has 1 radical (unpaired) electrons. The van der Waals surface area contributed by atoms with Crippen LogP contribution in [-0.4, -0.2) is 16.8 Å². The second-order valence-electron chi connectivity index (χ2n) is 3.65. The largest absolute Gasteiger partial charge is 0.292 e. The SMILES string of the molecule is CCCCCC([NH])C(=O)c1ccncc1. The van der Waals surface area contributed by atoms with E-state index in [0.29, 0.717) is 12.0 Å². The summed E-state index contributed by atoms with van der Waals surface area (Å²) in [6, 6.07) is 2.73.